The van der Waals surface area contributed by atoms with E-state index in [2.05, 4.69) is 15.3 Å². The van der Waals surface area contributed by atoms with Crippen LogP contribution in [-0.4, -0.2) is 25.9 Å². The molecule has 2 heterocycles. The summed E-state index contributed by atoms with van der Waals surface area (Å²) in [5, 5.41) is 10.5. The lowest BCUT2D eigenvalue weighted by Crippen LogP contribution is -2.13. The van der Waals surface area contributed by atoms with Crippen LogP contribution in [0.3, 0.4) is 0 Å². The summed E-state index contributed by atoms with van der Waals surface area (Å²) in [5.41, 5.74) is 6.94. The summed E-state index contributed by atoms with van der Waals surface area (Å²) in [6.07, 6.45) is 5.01. The third-order valence-corrected chi connectivity index (χ3v) is 1.88. The SMILES string of the molecule is Cc1cn(-c2cn[nH]c2)nc1C(N)=O. The highest BCUT2D eigenvalue weighted by Gasteiger charge is 2.11. The second-order valence-electron chi connectivity index (χ2n) is 2.93. The van der Waals surface area contributed by atoms with Crippen molar-refractivity contribution in [1.82, 2.24) is 20.0 Å². The normalized spacial score (nSPS) is 10.4. The lowest BCUT2D eigenvalue weighted by Gasteiger charge is -1.92. The molecule has 0 aromatic carbocycles. The molecule has 72 valence electrons. The van der Waals surface area contributed by atoms with Crippen LogP contribution in [0.4, 0.5) is 0 Å². The number of carbonyl (C=O) groups excluding carboxylic acids is 1. The Kier molecular flexibility index (Phi) is 1.81. The molecule has 0 spiro atoms. The van der Waals surface area contributed by atoms with Crippen molar-refractivity contribution < 1.29 is 4.79 Å². The zero-order valence-corrected chi connectivity index (χ0v) is 7.56. The number of carbonyl (C=O) groups is 1. The maximum absolute atomic E-state index is 10.9. The molecule has 0 unspecified atom stereocenters. The Morgan fingerprint density at radius 1 is 1.64 bits per heavy atom. The fourth-order valence-corrected chi connectivity index (χ4v) is 1.21. The molecule has 0 aliphatic heterocycles. The molecule has 0 aliphatic rings. The van der Waals surface area contributed by atoms with Gasteiger partial charge >= 0.3 is 0 Å². The van der Waals surface area contributed by atoms with Crippen LogP contribution >= 0.6 is 0 Å². The molecule has 2 aromatic heterocycles. The summed E-state index contributed by atoms with van der Waals surface area (Å²) in [5.74, 6) is -0.523. The van der Waals surface area contributed by atoms with E-state index in [0.717, 1.165) is 11.3 Å². The molecule has 6 nitrogen and oxygen atoms in total. The van der Waals surface area contributed by atoms with Crippen LogP contribution in [0.1, 0.15) is 16.1 Å². The predicted molar refractivity (Wildman–Crippen MR) is 49.0 cm³/mol. The van der Waals surface area contributed by atoms with Gasteiger partial charge in [0.15, 0.2) is 5.69 Å². The first-order valence-corrected chi connectivity index (χ1v) is 4.03. The highest BCUT2D eigenvalue weighted by Crippen LogP contribution is 2.09. The van der Waals surface area contributed by atoms with Crippen molar-refractivity contribution in [3.05, 3.63) is 29.8 Å². The van der Waals surface area contributed by atoms with Gasteiger partial charge in [0.2, 0.25) is 0 Å². The molecular formula is C8H9N5O. The largest absolute Gasteiger partial charge is 0.364 e. The van der Waals surface area contributed by atoms with Crippen molar-refractivity contribution in [2.45, 2.75) is 6.92 Å². The first-order valence-electron chi connectivity index (χ1n) is 4.03. The summed E-state index contributed by atoms with van der Waals surface area (Å²) >= 11 is 0. The van der Waals surface area contributed by atoms with Crippen LogP contribution in [0.25, 0.3) is 5.69 Å². The van der Waals surface area contributed by atoms with E-state index in [9.17, 15) is 4.79 Å². The van der Waals surface area contributed by atoms with Gasteiger partial charge in [0.1, 0.15) is 5.69 Å². The van der Waals surface area contributed by atoms with E-state index >= 15 is 0 Å². The molecule has 0 saturated heterocycles. The lowest BCUT2D eigenvalue weighted by molar-refractivity contribution is 0.0994. The van der Waals surface area contributed by atoms with E-state index < -0.39 is 5.91 Å². The Morgan fingerprint density at radius 2 is 2.43 bits per heavy atom. The molecule has 1 amide bonds. The summed E-state index contributed by atoms with van der Waals surface area (Å²) in [7, 11) is 0. The number of aryl methyl sites for hydroxylation is 1. The average Bonchev–Trinajstić information content (AvgIpc) is 2.70. The number of nitrogens with two attached hydrogens (primary N) is 1. The predicted octanol–water partition coefficient (Wildman–Crippen LogP) is 0.00272. The van der Waals surface area contributed by atoms with Gasteiger partial charge in [0, 0.05) is 18.0 Å². The summed E-state index contributed by atoms with van der Waals surface area (Å²) in [4.78, 5) is 10.9. The van der Waals surface area contributed by atoms with Gasteiger partial charge in [-0.1, -0.05) is 0 Å². The standard InChI is InChI=1S/C8H9N5O/c1-5-4-13(6-2-10-11-3-6)12-7(5)8(9)14/h2-4H,1H3,(H2,9,14)(H,10,11). The average molecular weight is 191 g/mol. The second-order valence-corrected chi connectivity index (χ2v) is 2.93. The number of nitrogens with zero attached hydrogens (tertiary/aromatic N) is 3. The monoisotopic (exact) mass is 191 g/mol. The summed E-state index contributed by atoms with van der Waals surface area (Å²) in [6.45, 7) is 1.78. The minimum Gasteiger partial charge on any atom is -0.364 e. The highest BCUT2D eigenvalue weighted by molar-refractivity contribution is 5.92. The van der Waals surface area contributed by atoms with Crippen LogP contribution in [0.2, 0.25) is 0 Å². The molecule has 0 fully saturated rings. The summed E-state index contributed by atoms with van der Waals surface area (Å²) in [6, 6.07) is 0. The van der Waals surface area contributed by atoms with Crippen molar-refractivity contribution in [2.75, 3.05) is 0 Å². The van der Waals surface area contributed by atoms with Crippen molar-refractivity contribution >= 4 is 5.91 Å². The van der Waals surface area contributed by atoms with E-state index in [1.54, 1.807) is 30.2 Å². The van der Waals surface area contributed by atoms with Gasteiger partial charge in [-0.15, -0.1) is 0 Å². The fraction of sp³-hybridized carbons (Fsp3) is 0.125. The Balaban J connectivity index is 2.48. The number of aromatic nitrogens is 4. The van der Waals surface area contributed by atoms with Crippen molar-refractivity contribution in [2.24, 2.45) is 5.73 Å². The smallest absolute Gasteiger partial charge is 0.269 e. The number of amides is 1. The third-order valence-electron chi connectivity index (χ3n) is 1.88. The second kappa shape index (κ2) is 2.99. The Morgan fingerprint density at radius 3 is 2.93 bits per heavy atom. The molecule has 0 radical (unpaired) electrons. The van der Waals surface area contributed by atoms with Crippen LogP contribution in [-0.2, 0) is 0 Å². The minimum atomic E-state index is -0.523. The van der Waals surface area contributed by atoms with E-state index in [0.29, 0.717) is 0 Å². The molecule has 2 rings (SSSR count). The number of primary amides is 1. The lowest BCUT2D eigenvalue weighted by atomic mass is 10.3. The fourth-order valence-electron chi connectivity index (χ4n) is 1.21. The first-order chi connectivity index (χ1) is 6.68. The molecule has 0 bridgehead atoms. The van der Waals surface area contributed by atoms with E-state index in [1.807, 2.05) is 0 Å². The number of rotatable bonds is 2. The van der Waals surface area contributed by atoms with Crippen molar-refractivity contribution in [3.63, 3.8) is 0 Å². The van der Waals surface area contributed by atoms with Crippen molar-refractivity contribution in [1.29, 1.82) is 0 Å². The Hall–Kier alpha value is -2.11. The number of H-pyrrole nitrogens is 1. The highest BCUT2D eigenvalue weighted by atomic mass is 16.1. The van der Waals surface area contributed by atoms with Crippen LogP contribution in [0.5, 0.6) is 0 Å². The van der Waals surface area contributed by atoms with E-state index in [1.165, 1.54) is 0 Å². The van der Waals surface area contributed by atoms with E-state index in [-0.39, 0.29) is 5.69 Å². The van der Waals surface area contributed by atoms with Crippen LogP contribution in [0, 0.1) is 6.92 Å². The molecule has 6 heteroatoms. The van der Waals surface area contributed by atoms with Crippen LogP contribution < -0.4 is 5.73 Å². The summed E-state index contributed by atoms with van der Waals surface area (Å²) < 4.78 is 1.55. The first kappa shape index (κ1) is 8.49. The van der Waals surface area contributed by atoms with Gasteiger partial charge in [-0.05, 0) is 6.92 Å². The molecule has 0 aliphatic carbocycles. The molecule has 2 aromatic rings. The number of aromatic amines is 1. The zero-order chi connectivity index (χ0) is 10.1. The zero-order valence-electron chi connectivity index (χ0n) is 7.56. The quantitative estimate of drug-likeness (QED) is 0.700. The van der Waals surface area contributed by atoms with Gasteiger partial charge in [-0.2, -0.15) is 10.2 Å². The maximum atomic E-state index is 10.9. The van der Waals surface area contributed by atoms with Gasteiger partial charge in [0.05, 0.1) is 6.20 Å². The van der Waals surface area contributed by atoms with Crippen molar-refractivity contribution in [3.8, 4) is 5.69 Å². The Labute approximate surface area is 79.7 Å². The molecule has 14 heavy (non-hydrogen) atoms. The maximum Gasteiger partial charge on any atom is 0.269 e. The number of hydrogen-bond donors (Lipinski definition) is 2. The third kappa shape index (κ3) is 1.26. The topological polar surface area (TPSA) is 89.6 Å². The molecular weight excluding hydrogens is 182 g/mol. The number of hydrogen-bond acceptors (Lipinski definition) is 3. The number of nitrogens with one attached hydrogen (secondary N) is 1. The molecule has 0 atom stereocenters. The van der Waals surface area contributed by atoms with Gasteiger partial charge < -0.3 is 5.73 Å². The molecule has 0 saturated carbocycles. The molecule has 3 N–H and O–H groups in total. The van der Waals surface area contributed by atoms with Gasteiger partial charge in [-0.3, -0.25) is 9.89 Å². The van der Waals surface area contributed by atoms with E-state index in [4.69, 9.17) is 5.73 Å². The van der Waals surface area contributed by atoms with Crippen LogP contribution in [0.15, 0.2) is 18.6 Å². The minimum absolute atomic E-state index is 0.284. The van der Waals surface area contributed by atoms with Gasteiger partial charge in [0.25, 0.3) is 5.91 Å². The van der Waals surface area contributed by atoms with Gasteiger partial charge in [-0.25, -0.2) is 4.68 Å². The Bertz CT molecular complexity index is 456.